The Morgan fingerprint density at radius 1 is 0.833 bits per heavy atom. The minimum Gasteiger partial charge on any atom is -0.457 e. The Labute approximate surface area is 141 Å². The van der Waals surface area contributed by atoms with Gasteiger partial charge >= 0.3 is 0 Å². The van der Waals surface area contributed by atoms with Crippen LogP contribution in [0.5, 0.6) is 11.5 Å². The van der Waals surface area contributed by atoms with Crippen LogP contribution in [-0.4, -0.2) is 6.54 Å². The van der Waals surface area contributed by atoms with Gasteiger partial charge in [0.05, 0.1) is 0 Å². The number of para-hydroxylation sites is 1. The van der Waals surface area contributed by atoms with E-state index in [1.54, 1.807) is 0 Å². The van der Waals surface area contributed by atoms with E-state index >= 15 is 0 Å². The first-order chi connectivity index (χ1) is 11.7. The second kappa shape index (κ2) is 7.75. The highest BCUT2D eigenvalue weighted by molar-refractivity contribution is 5.36. The van der Waals surface area contributed by atoms with Gasteiger partial charge in [0.1, 0.15) is 17.3 Å². The first-order valence-corrected chi connectivity index (χ1v) is 8.02. The largest absolute Gasteiger partial charge is 0.457 e. The van der Waals surface area contributed by atoms with E-state index < -0.39 is 0 Å². The summed E-state index contributed by atoms with van der Waals surface area (Å²) in [5.41, 5.74) is 8.16. The zero-order valence-electron chi connectivity index (χ0n) is 13.4. The fourth-order valence-corrected chi connectivity index (χ4v) is 2.70. The first kappa shape index (κ1) is 16.2. The van der Waals surface area contributed by atoms with Crippen molar-refractivity contribution in [1.29, 1.82) is 0 Å². The Kier molecular flexibility index (Phi) is 5.24. The number of benzene rings is 3. The quantitative estimate of drug-likeness (QED) is 0.700. The molecule has 0 fully saturated rings. The fourth-order valence-electron chi connectivity index (χ4n) is 2.70. The molecule has 3 rings (SSSR count). The lowest BCUT2D eigenvalue weighted by Crippen LogP contribution is -2.15. The van der Waals surface area contributed by atoms with Crippen molar-refractivity contribution >= 4 is 0 Å². The molecule has 0 aliphatic carbocycles. The van der Waals surface area contributed by atoms with E-state index in [9.17, 15) is 4.39 Å². The minimum absolute atomic E-state index is 0.162. The van der Waals surface area contributed by atoms with Crippen LogP contribution in [0, 0.1) is 5.82 Å². The van der Waals surface area contributed by atoms with Crippen LogP contribution in [0.2, 0.25) is 0 Å². The third-order valence-electron chi connectivity index (χ3n) is 3.99. The monoisotopic (exact) mass is 321 g/mol. The van der Waals surface area contributed by atoms with Crippen molar-refractivity contribution in [2.75, 3.05) is 6.54 Å². The van der Waals surface area contributed by atoms with Gasteiger partial charge in [0.2, 0.25) is 0 Å². The molecule has 1 atom stereocenters. The average molecular weight is 321 g/mol. The fraction of sp³-hybridized carbons (Fsp3) is 0.143. The minimum atomic E-state index is -0.221. The topological polar surface area (TPSA) is 35.2 Å². The van der Waals surface area contributed by atoms with Crippen molar-refractivity contribution in [2.24, 2.45) is 5.73 Å². The second-order valence-electron chi connectivity index (χ2n) is 5.75. The molecule has 0 spiro atoms. The normalized spacial score (nSPS) is 11.9. The number of rotatable bonds is 6. The van der Waals surface area contributed by atoms with Gasteiger partial charge in [0.15, 0.2) is 0 Å². The van der Waals surface area contributed by atoms with Crippen LogP contribution in [0.4, 0.5) is 4.39 Å². The van der Waals surface area contributed by atoms with E-state index in [1.165, 1.54) is 12.1 Å². The lowest BCUT2D eigenvalue weighted by Gasteiger charge is -2.16. The Bertz CT molecular complexity index is 771. The van der Waals surface area contributed by atoms with Gasteiger partial charge in [0, 0.05) is 5.92 Å². The maximum Gasteiger partial charge on any atom is 0.127 e. The molecule has 0 radical (unpaired) electrons. The molecule has 122 valence electrons. The zero-order chi connectivity index (χ0) is 16.8. The lowest BCUT2D eigenvalue weighted by atomic mass is 9.92. The molecule has 0 heterocycles. The summed E-state index contributed by atoms with van der Waals surface area (Å²) in [6.07, 6.45) is 0.769. The van der Waals surface area contributed by atoms with Gasteiger partial charge in [-0.3, -0.25) is 0 Å². The highest BCUT2D eigenvalue weighted by atomic mass is 19.1. The Balaban J connectivity index is 1.76. The van der Waals surface area contributed by atoms with Crippen LogP contribution in [0.25, 0.3) is 0 Å². The molecule has 24 heavy (non-hydrogen) atoms. The van der Waals surface area contributed by atoms with Gasteiger partial charge in [-0.1, -0.05) is 42.5 Å². The van der Waals surface area contributed by atoms with Crippen molar-refractivity contribution in [3.63, 3.8) is 0 Å². The molecule has 0 saturated carbocycles. The summed E-state index contributed by atoms with van der Waals surface area (Å²) in [5, 5.41) is 0. The molecule has 0 amide bonds. The van der Waals surface area contributed by atoms with Crippen LogP contribution >= 0.6 is 0 Å². The average Bonchev–Trinajstić information content (AvgIpc) is 2.62. The van der Waals surface area contributed by atoms with Crippen LogP contribution in [0.1, 0.15) is 17.0 Å². The number of halogens is 1. The molecule has 0 aliphatic heterocycles. The first-order valence-electron chi connectivity index (χ1n) is 8.02. The number of hydrogen-bond acceptors (Lipinski definition) is 2. The highest BCUT2D eigenvalue weighted by Gasteiger charge is 2.12. The van der Waals surface area contributed by atoms with E-state index in [4.69, 9.17) is 10.5 Å². The third kappa shape index (κ3) is 4.21. The summed E-state index contributed by atoms with van der Waals surface area (Å²) >= 11 is 0. The molecular formula is C21H20FNO. The standard InChI is InChI=1S/C21H20FNO/c22-19-11-9-16(10-12-19)13-18(15-23)17-5-4-8-21(14-17)24-20-6-2-1-3-7-20/h1-12,14,18H,13,15,23H2. The highest BCUT2D eigenvalue weighted by Crippen LogP contribution is 2.27. The number of ether oxygens (including phenoxy) is 1. The molecule has 1 unspecified atom stereocenters. The van der Waals surface area contributed by atoms with Crippen molar-refractivity contribution in [3.8, 4) is 11.5 Å². The lowest BCUT2D eigenvalue weighted by molar-refractivity contribution is 0.481. The summed E-state index contributed by atoms with van der Waals surface area (Å²) in [5.74, 6) is 1.53. The van der Waals surface area contributed by atoms with Crippen LogP contribution in [-0.2, 0) is 6.42 Å². The SMILES string of the molecule is NCC(Cc1ccc(F)cc1)c1cccc(Oc2ccccc2)c1. The zero-order valence-corrected chi connectivity index (χ0v) is 13.4. The van der Waals surface area contributed by atoms with Gasteiger partial charge in [-0.2, -0.15) is 0 Å². The predicted molar refractivity (Wildman–Crippen MR) is 94.9 cm³/mol. The molecule has 3 aromatic carbocycles. The van der Waals surface area contributed by atoms with E-state index in [1.807, 2.05) is 60.7 Å². The van der Waals surface area contributed by atoms with E-state index in [2.05, 4.69) is 6.07 Å². The van der Waals surface area contributed by atoms with Gasteiger partial charge in [-0.15, -0.1) is 0 Å². The van der Waals surface area contributed by atoms with Crippen LogP contribution in [0.3, 0.4) is 0 Å². The Hall–Kier alpha value is -2.65. The maximum absolute atomic E-state index is 13.0. The molecule has 0 aromatic heterocycles. The van der Waals surface area contributed by atoms with Crippen molar-refractivity contribution in [3.05, 3.63) is 95.8 Å². The summed E-state index contributed by atoms with van der Waals surface area (Å²) in [6.45, 7) is 0.520. The summed E-state index contributed by atoms with van der Waals surface area (Å²) < 4.78 is 18.9. The van der Waals surface area contributed by atoms with Gasteiger partial charge in [0.25, 0.3) is 0 Å². The number of nitrogens with two attached hydrogens (primary N) is 1. The van der Waals surface area contributed by atoms with Crippen molar-refractivity contribution < 1.29 is 9.13 Å². The molecule has 3 heteroatoms. The summed E-state index contributed by atoms with van der Waals surface area (Å²) in [7, 11) is 0. The van der Waals surface area contributed by atoms with Crippen molar-refractivity contribution in [1.82, 2.24) is 0 Å². The molecule has 0 bridgehead atoms. The van der Waals surface area contributed by atoms with Gasteiger partial charge in [-0.05, 0) is 60.5 Å². The summed E-state index contributed by atoms with van der Waals surface area (Å²) in [4.78, 5) is 0. The number of hydrogen-bond donors (Lipinski definition) is 1. The van der Waals surface area contributed by atoms with Crippen LogP contribution in [0.15, 0.2) is 78.9 Å². The Morgan fingerprint density at radius 3 is 2.25 bits per heavy atom. The van der Waals surface area contributed by atoms with Crippen molar-refractivity contribution in [2.45, 2.75) is 12.3 Å². The predicted octanol–water partition coefficient (Wildman–Crippen LogP) is 4.90. The summed E-state index contributed by atoms with van der Waals surface area (Å²) in [6, 6.07) is 24.2. The van der Waals surface area contributed by atoms with E-state index in [0.29, 0.717) is 6.54 Å². The Morgan fingerprint density at radius 2 is 1.54 bits per heavy atom. The molecular weight excluding hydrogens is 301 g/mol. The van der Waals surface area contributed by atoms with E-state index in [0.717, 1.165) is 29.0 Å². The van der Waals surface area contributed by atoms with Crippen LogP contribution < -0.4 is 10.5 Å². The molecule has 2 N–H and O–H groups in total. The van der Waals surface area contributed by atoms with Gasteiger partial charge in [-0.25, -0.2) is 4.39 Å². The van der Waals surface area contributed by atoms with Gasteiger partial charge < -0.3 is 10.5 Å². The molecule has 0 saturated heterocycles. The molecule has 0 aliphatic rings. The maximum atomic E-state index is 13.0. The second-order valence-corrected chi connectivity index (χ2v) is 5.75. The van der Waals surface area contributed by atoms with E-state index in [-0.39, 0.29) is 11.7 Å². The third-order valence-corrected chi connectivity index (χ3v) is 3.99. The molecule has 3 aromatic rings. The molecule has 2 nitrogen and oxygen atoms in total. The smallest absolute Gasteiger partial charge is 0.127 e.